The van der Waals surface area contributed by atoms with Crippen molar-refractivity contribution in [3.05, 3.63) is 59.9 Å². The van der Waals surface area contributed by atoms with Crippen LogP contribution in [0.2, 0.25) is 0 Å². The first kappa shape index (κ1) is 19.2. The molecule has 3 heteroatoms. The van der Waals surface area contributed by atoms with Crippen LogP contribution in [0.3, 0.4) is 0 Å². The summed E-state index contributed by atoms with van der Waals surface area (Å²) < 4.78 is 8.04. The molecule has 3 rings (SSSR count). The molecule has 1 fully saturated rings. The topological polar surface area (TPSA) is 13.1 Å². The first-order chi connectivity index (χ1) is 11.2. The van der Waals surface area contributed by atoms with Crippen LogP contribution in [-0.4, -0.2) is 6.61 Å². The fraction of sp³-hybridized carbons (Fsp3) is 0.476. The van der Waals surface area contributed by atoms with Crippen LogP contribution in [0.1, 0.15) is 49.7 Å². The van der Waals surface area contributed by atoms with Crippen molar-refractivity contribution in [1.82, 2.24) is 0 Å². The summed E-state index contributed by atoms with van der Waals surface area (Å²) in [6, 6.07) is 12.8. The van der Waals surface area contributed by atoms with E-state index in [1.807, 2.05) is 12.1 Å². The normalized spacial score (nSPS) is 20.2. The molecule has 0 saturated heterocycles. The van der Waals surface area contributed by atoms with Gasteiger partial charge < -0.3 is 28.7 Å². The predicted molar refractivity (Wildman–Crippen MR) is 93.7 cm³/mol. The minimum absolute atomic E-state index is 0. The number of hydrogen-bond donors (Lipinski definition) is 0. The van der Waals surface area contributed by atoms with Crippen molar-refractivity contribution in [2.45, 2.75) is 52.0 Å². The van der Waals surface area contributed by atoms with Gasteiger partial charge in [0.05, 0.1) is 0 Å². The number of nitrogens with zero attached hydrogens (tertiary/aromatic N) is 1. The molecule has 2 aromatic rings. The van der Waals surface area contributed by atoms with E-state index in [4.69, 9.17) is 4.74 Å². The van der Waals surface area contributed by atoms with Crippen LogP contribution in [0.4, 0.5) is 0 Å². The van der Waals surface area contributed by atoms with Crippen LogP contribution in [0.15, 0.2) is 48.8 Å². The second kappa shape index (κ2) is 9.40. The minimum atomic E-state index is 0. The lowest BCUT2D eigenvalue weighted by molar-refractivity contribution is -0.697. The average molecular weight is 437 g/mol. The van der Waals surface area contributed by atoms with Crippen LogP contribution >= 0.6 is 0 Å². The Hall–Kier alpha value is -1.10. The highest BCUT2D eigenvalue weighted by Gasteiger charge is 2.20. The molecule has 24 heavy (non-hydrogen) atoms. The number of pyridine rings is 1. The summed E-state index contributed by atoms with van der Waals surface area (Å²) in [6.07, 6.45) is 9.86. The van der Waals surface area contributed by atoms with Crippen LogP contribution in [-0.2, 0) is 6.54 Å². The lowest BCUT2D eigenvalue weighted by Gasteiger charge is -2.25. The highest BCUT2D eigenvalue weighted by molar-refractivity contribution is 5.27. The standard InChI is InChI=1S/C21H28NO.HI/c1-17-6-8-19(9-7-17)20-10-12-22(13-11-20)14-15-23-21-5-3-4-18(2)16-21;/h3-5,10-13,16-17,19H,6-9,14-15H2,1-2H3;1H/q+1;/p-1. The third-order valence-corrected chi connectivity index (χ3v) is 5.01. The van der Waals surface area contributed by atoms with E-state index in [0.29, 0.717) is 6.61 Å². The zero-order valence-electron chi connectivity index (χ0n) is 14.7. The molecule has 1 saturated carbocycles. The number of benzene rings is 1. The van der Waals surface area contributed by atoms with Crippen LogP contribution in [0.5, 0.6) is 5.75 Å². The van der Waals surface area contributed by atoms with Crippen molar-refractivity contribution in [2.75, 3.05) is 6.61 Å². The van der Waals surface area contributed by atoms with Crippen LogP contribution in [0.25, 0.3) is 0 Å². The van der Waals surface area contributed by atoms with E-state index in [0.717, 1.165) is 24.1 Å². The van der Waals surface area contributed by atoms with Gasteiger partial charge in [-0.1, -0.05) is 31.9 Å². The molecule has 0 radical (unpaired) electrons. The zero-order valence-corrected chi connectivity index (χ0v) is 16.9. The van der Waals surface area contributed by atoms with Crippen LogP contribution in [0, 0.1) is 12.8 Å². The summed E-state index contributed by atoms with van der Waals surface area (Å²) in [5.74, 6) is 2.64. The number of halogens is 1. The maximum absolute atomic E-state index is 5.83. The third kappa shape index (κ3) is 5.47. The molecule has 1 aliphatic rings. The van der Waals surface area contributed by atoms with Gasteiger partial charge in [-0.15, -0.1) is 0 Å². The fourth-order valence-electron chi connectivity index (χ4n) is 3.46. The van der Waals surface area contributed by atoms with E-state index in [1.54, 1.807) is 0 Å². The SMILES string of the molecule is Cc1cccc(OCC[n+]2ccc(C3CCC(C)CC3)cc2)c1.[I-]. The van der Waals surface area contributed by atoms with Gasteiger partial charge >= 0.3 is 0 Å². The maximum atomic E-state index is 5.83. The molecule has 0 spiro atoms. The van der Waals surface area contributed by atoms with Gasteiger partial charge in [0.2, 0.25) is 0 Å². The summed E-state index contributed by atoms with van der Waals surface area (Å²) in [5.41, 5.74) is 2.74. The number of rotatable bonds is 5. The molecule has 130 valence electrons. The largest absolute Gasteiger partial charge is 1.00 e. The summed E-state index contributed by atoms with van der Waals surface area (Å²) in [7, 11) is 0. The molecule has 1 aromatic carbocycles. The summed E-state index contributed by atoms with van der Waals surface area (Å²) in [6.45, 7) is 6.06. The van der Waals surface area contributed by atoms with E-state index in [-0.39, 0.29) is 24.0 Å². The van der Waals surface area contributed by atoms with E-state index in [9.17, 15) is 0 Å². The van der Waals surface area contributed by atoms with Crippen molar-refractivity contribution >= 4 is 0 Å². The monoisotopic (exact) mass is 437 g/mol. The Morgan fingerprint density at radius 3 is 2.42 bits per heavy atom. The van der Waals surface area contributed by atoms with Gasteiger partial charge in [-0.25, -0.2) is 4.57 Å². The molecule has 0 N–H and O–H groups in total. The summed E-state index contributed by atoms with van der Waals surface area (Å²) >= 11 is 0. The Kier molecular flexibility index (Phi) is 7.53. The molecule has 1 heterocycles. The quantitative estimate of drug-likeness (QED) is 0.513. The fourth-order valence-corrected chi connectivity index (χ4v) is 3.46. The number of aryl methyl sites for hydroxylation is 1. The zero-order chi connectivity index (χ0) is 16.1. The van der Waals surface area contributed by atoms with Crippen molar-refractivity contribution < 1.29 is 33.3 Å². The Morgan fingerprint density at radius 1 is 1.04 bits per heavy atom. The number of aromatic nitrogens is 1. The average Bonchev–Trinajstić information content (AvgIpc) is 2.56. The van der Waals surface area contributed by atoms with Crippen molar-refractivity contribution in [3.63, 3.8) is 0 Å². The first-order valence-electron chi connectivity index (χ1n) is 8.89. The molecule has 2 nitrogen and oxygen atoms in total. The second-order valence-electron chi connectivity index (χ2n) is 6.99. The predicted octanol–water partition coefficient (Wildman–Crippen LogP) is 1.66. The van der Waals surface area contributed by atoms with Gasteiger partial charge in [-0.3, -0.25) is 0 Å². The Morgan fingerprint density at radius 2 is 1.75 bits per heavy atom. The molecule has 0 atom stereocenters. The Balaban J connectivity index is 0.00000208. The summed E-state index contributed by atoms with van der Waals surface area (Å²) in [4.78, 5) is 0. The molecule has 1 aromatic heterocycles. The summed E-state index contributed by atoms with van der Waals surface area (Å²) in [5, 5.41) is 0. The van der Waals surface area contributed by atoms with E-state index < -0.39 is 0 Å². The lowest BCUT2D eigenvalue weighted by Crippen LogP contribution is -3.00. The highest BCUT2D eigenvalue weighted by atomic mass is 127. The number of ether oxygens (including phenoxy) is 1. The van der Waals surface area contributed by atoms with E-state index >= 15 is 0 Å². The highest BCUT2D eigenvalue weighted by Crippen LogP contribution is 2.34. The molecule has 1 aliphatic carbocycles. The van der Waals surface area contributed by atoms with Crippen molar-refractivity contribution in [1.29, 1.82) is 0 Å². The first-order valence-corrected chi connectivity index (χ1v) is 8.89. The molecule has 0 unspecified atom stereocenters. The third-order valence-electron chi connectivity index (χ3n) is 5.01. The van der Waals surface area contributed by atoms with Gasteiger partial charge in [-0.2, -0.15) is 0 Å². The Bertz CT molecular complexity index is 618. The van der Waals surface area contributed by atoms with Gasteiger partial charge in [0.25, 0.3) is 0 Å². The van der Waals surface area contributed by atoms with Crippen LogP contribution < -0.4 is 33.3 Å². The van der Waals surface area contributed by atoms with Gasteiger partial charge in [-0.05, 0) is 54.9 Å². The minimum Gasteiger partial charge on any atom is -1.00 e. The Labute approximate surface area is 163 Å². The van der Waals surface area contributed by atoms with Gasteiger partial charge in [0.15, 0.2) is 18.9 Å². The second-order valence-corrected chi connectivity index (χ2v) is 6.99. The van der Waals surface area contributed by atoms with Gasteiger partial charge in [0.1, 0.15) is 12.4 Å². The smallest absolute Gasteiger partial charge is 0.182 e. The van der Waals surface area contributed by atoms with Gasteiger partial charge in [0, 0.05) is 12.1 Å². The molecule has 0 amide bonds. The lowest BCUT2D eigenvalue weighted by atomic mass is 9.80. The van der Waals surface area contributed by atoms with Crippen molar-refractivity contribution in [2.24, 2.45) is 5.92 Å². The van der Waals surface area contributed by atoms with Crippen molar-refractivity contribution in [3.8, 4) is 5.75 Å². The number of hydrogen-bond acceptors (Lipinski definition) is 1. The molecular formula is C21H28INO. The molecule has 0 bridgehead atoms. The maximum Gasteiger partial charge on any atom is 0.182 e. The molecule has 0 aliphatic heterocycles. The molecular weight excluding hydrogens is 409 g/mol. The van der Waals surface area contributed by atoms with E-state index in [1.165, 1.54) is 36.8 Å². The van der Waals surface area contributed by atoms with E-state index in [2.05, 4.69) is 55.1 Å².